The van der Waals surface area contributed by atoms with E-state index in [1.807, 2.05) is 0 Å². The average Bonchev–Trinajstić information content (AvgIpc) is 1.83. The fourth-order valence-corrected chi connectivity index (χ4v) is 1.07. The van der Waals surface area contributed by atoms with Gasteiger partial charge in [0.25, 0.3) is 0 Å². The number of hydrogen-bond acceptors (Lipinski definition) is 1. The first-order valence-corrected chi connectivity index (χ1v) is 3.41. The maximum absolute atomic E-state index is 12.3. The Kier molecular flexibility index (Phi) is 2.32. The summed E-state index contributed by atoms with van der Waals surface area (Å²) in [4.78, 5) is -0.400. The molecule has 0 unspecified atom stereocenters. The van der Waals surface area contributed by atoms with Gasteiger partial charge in [0.2, 0.25) is 0 Å². The maximum atomic E-state index is 12.3. The minimum absolute atomic E-state index is 0.400. The molecule has 0 radical (unpaired) electrons. The molecule has 1 aromatic rings. The van der Waals surface area contributed by atoms with E-state index in [1.54, 1.807) is 0 Å². The van der Waals surface area contributed by atoms with Gasteiger partial charge in [-0.1, -0.05) is 0 Å². The van der Waals surface area contributed by atoms with Crippen LogP contribution in [0.5, 0.6) is 0 Å². The summed E-state index contributed by atoms with van der Waals surface area (Å²) in [6.07, 6.45) is -4.47. The van der Waals surface area contributed by atoms with E-state index in [0.29, 0.717) is 6.07 Å². The van der Waals surface area contributed by atoms with Crippen molar-refractivity contribution in [3.8, 4) is 0 Å². The number of thiol groups is 1. The predicted octanol–water partition coefficient (Wildman–Crippen LogP) is 3.13. The first-order valence-electron chi connectivity index (χ1n) is 2.97. The second-order valence-corrected chi connectivity index (χ2v) is 2.64. The largest absolute Gasteiger partial charge is 0.417 e. The van der Waals surface area contributed by atoms with Crippen molar-refractivity contribution in [1.29, 1.82) is 0 Å². The third kappa shape index (κ3) is 1.91. The summed E-state index contributed by atoms with van der Waals surface area (Å²) in [5.41, 5.74) is -0.924. The molecule has 0 aromatic heterocycles. The summed E-state index contributed by atoms with van der Waals surface area (Å²) in [6, 6.07) is 2.14. The summed E-state index contributed by atoms with van der Waals surface area (Å²) in [7, 11) is 0. The molecule has 0 bridgehead atoms. The van der Waals surface area contributed by atoms with Gasteiger partial charge in [-0.2, -0.15) is 13.2 Å². The molecule has 0 fully saturated rings. The van der Waals surface area contributed by atoms with Crippen LogP contribution < -0.4 is 0 Å². The lowest BCUT2D eigenvalue weighted by Crippen LogP contribution is -2.06. The lowest BCUT2D eigenvalue weighted by Gasteiger charge is -2.08. The zero-order chi connectivity index (χ0) is 9.35. The quantitative estimate of drug-likeness (QED) is 0.478. The molecular formula is C7H4F4S. The second-order valence-electron chi connectivity index (χ2n) is 2.16. The third-order valence-electron chi connectivity index (χ3n) is 1.27. The van der Waals surface area contributed by atoms with Gasteiger partial charge in [0.15, 0.2) is 0 Å². The Morgan fingerprint density at radius 3 is 2.17 bits per heavy atom. The third-order valence-corrected chi connectivity index (χ3v) is 1.64. The van der Waals surface area contributed by atoms with Crippen molar-refractivity contribution in [3.63, 3.8) is 0 Å². The molecule has 0 aliphatic heterocycles. The Bertz CT molecular complexity index is 292. The molecular weight excluding hydrogens is 192 g/mol. The SMILES string of the molecule is Fc1ccc(C(F)(F)F)c(S)c1. The van der Waals surface area contributed by atoms with Gasteiger partial charge in [0, 0.05) is 4.90 Å². The van der Waals surface area contributed by atoms with Gasteiger partial charge < -0.3 is 0 Å². The Morgan fingerprint density at radius 2 is 1.75 bits per heavy atom. The van der Waals surface area contributed by atoms with Gasteiger partial charge in [-0.05, 0) is 18.2 Å². The molecule has 0 N–H and O–H groups in total. The van der Waals surface area contributed by atoms with Gasteiger partial charge in [-0.3, -0.25) is 0 Å². The first kappa shape index (κ1) is 9.38. The first-order chi connectivity index (χ1) is 5.41. The molecule has 1 aromatic carbocycles. The number of benzene rings is 1. The van der Waals surface area contributed by atoms with Crippen LogP contribution in [0, 0.1) is 5.82 Å². The summed E-state index contributed by atoms with van der Waals surface area (Å²) in [5.74, 6) is -0.729. The molecule has 1 rings (SSSR count). The maximum Gasteiger partial charge on any atom is 0.417 e. The van der Waals surface area contributed by atoms with Crippen molar-refractivity contribution in [2.75, 3.05) is 0 Å². The van der Waals surface area contributed by atoms with Crippen LogP contribution in [0.3, 0.4) is 0 Å². The summed E-state index contributed by atoms with van der Waals surface area (Å²) < 4.78 is 48.3. The van der Waals surface area contributed by atoms with Crippen LogP contribution in [0.2, 0.25) is 0 Å². The van der Waals surface area contributed by atoms with Crippen molar-refractivity contribution in [3.05, 3.63) is 29.6 Å². The Hall–Kier alpha value is -0.710. The van der Waals surface area contributed by atoms with Crippen molar-refractivity contribution < 1.29 is 17.6 Å². The normalized spacial score (nSPS) is 11.8. The van der Waals surface area contributed by atoms with Gasteiger partial charge in [0.05, 0.1) is 5.56 Å². The van der Waals surface area contributed by atoms with Crippen LogP contribution in [0.15, 0.2) is 23.1 Å². The lowest BCUT2D eigenvalue weighted by molar-refractivity contribution is -0.139. The molecule has 66 valence electrons. The minimum atomic E-state index is -4.47. The van der Waals surface area contributed by atoms with E-state index in [-0.39, 0.29) is 0 Å². The molecule has 0 saturated carbocycles. The standard InChI is InChI=1S/C7H4F4S/c8-4-1-2-5(6(12)3-4)7(9,10)11/h1-3,12H. The number of halogens is 4. The van der Waals surface area contributed by atoms with Gasteiger partial charge in [0.1, 0.15) is 5.82 Å². The van der Waals surface area contributed by atoms with E-state index in [2.05, 4.69) is 12.6 Å². The molecule has 0 amide bonds. The van der Waals surface area contributed by atoms with Gasteiger partial charge in [-0.25, -0.2) is 4.39 Å². The number of alkyl halides is 3. The van der Waals surface area contributed by atoms with Crippen LogP contribution in [0.4, 0.5) is 17.6 Å². The van der Waals surface area contributed by atoms with Crippen LogP contribution in [-0.4, -0.2) is 0 Å². The zero-order valence-electron chi connectivity index (χ0n) is 5.69. The molecule has 0 atom stereocenters. The molecule has 12 heavy (non-hydrogen) atoms. The fraction of sp³-hybridized carbons (Fsp3) is 0.143. The van der Waals surface area contributed by atoms with Crippen LogP contribution in [0.25, 0.3) is 0 Å². The molecule has 0 spiro atoms. The van der Waals surface area contributed by atoms with E-state index < -0.39 is 22.5 Å². The van der Waals surface area contributed by atoms with Gasteiger partial charge in [-0.15, -0.1) is 12.6 Å². The topological polar surface area (TPSA) is 0 Å². The molecule has 0 aliphatic rings. The highest BCUT2D eigenvalue weighted by Gasteiger charge is 2.32. The molecule has 5 heteroatoms. The molecule has 0 saturated heterocycles. The smallest absolute Gasteiger partial charge is 0.207 e. The van der Waals surface area contributed by atoms with E-state index >= 15 is 0 Å². The Labute approximate surface area is 71.6 Å². The van der Waals surface area contributed by atoms with Gasteiger partial charge >= 0.3 is 6.18 Å². The summed E-state index contributed by atoms with van der Waals surface area (Å²) in [5, 5.41) is 0. The van der Waals surface area contributed by atoms with Crippen molar-refractivity contribution >= 4 is 12.6 Å². The van der Waals surface area contributed by atoms with Crippen LogP contribution >= 0.6 is 12.6 Å². The highest BCUT2D eigenvalue weighted by atomic mass is 32.1. The van der Waals surface area contributed by atoms with Crippen molar-refractivity contribution in [2.24, 2.45) is 0 Å². The highest BCUT2D eigenvalue weighted by molar-refractivity contribution is 7.80. The minimum Gasteiger partial charge on any atom is -0.207 e. The van der Waals surface area contributed by atoms with Crippen molar-refractivity contribution in [2.45, 2.75) is 11.1 Å². The molecule has 0 nitrogen and oxygen atoms in total. The van der Waals surface area contributed by atoms with Crippen LogP contribution in [-0.2, 0) is 6.18 Å². The zero-order valence-corrected chi connectivity index (χ0v) is 6.59. The fourth-order valence-electron chi connectivity index (χ4n) is 0.745. The van der Waals surface area contributed by atoms with E-state index in [1.165, 1.54) is 0 Å². The van der Waals surface area contributed by atoms with E-state index in [9.17, 15) is 17.6 Å². The number of hydrogen-bond donors (Lipinski definition) is 1. The molecule has 0 heterocycles. The Morgan fingerprint density at radius 1 is 1.17 bits per heavy atom. The monoisotopic (exact) mass is 196 g/mol. The van der Waals surface area contributed by atoms with E-state index in [4.69, 9.17) is 0 Å². The summed E-state index contributed by atoms with van der Waals surface area (Å²) in [6.45, 7) is 0. The lowest BCUT2D eigenvalue weighted by atomic mass is 10.2. The predicted molar refractivity (Wildman–Crippen MR) is 38.7 cm³/mol. The second kappa shape index (κ2) is 2.97. The van der Waals surface area contributed by atoms with E-state index in [0.717, 1.165) is 12.1 Å². The Balaban J connectivity index is 3.19. The highest BCUT2D eigenvalue weighted by Crippen LogP contribution is 2.33. The number of rotatable bonds is 0. The van der Waals surface area contributed by atoms with Crippen LogP contribution in [0.1, 0.15) is 5.56 Å². The average molecular weight is 196 g/mol. The molecule has 0 aliphatic carbocycles. The summed E-state index contributed by atoms with van der Waals surface area (Å²) >= 11 is 3.50. The van der Waals surface area contributed by atoms with Crippen molar-refractivity contribution in [1.82, 2.24) is 0 Å².